The Kier molecular flexibility index (Phi) is 4.37. The van der Waals surface area contributed by atoms with Crippen LogP contribution in [0.2, 0.25) is 0 Å². The van der Waals surface area contributed by atoms with Crippen LogP contribution in [0.1, 0.15) is 18.0 Å². The highest BCUT2D eigenvalue weighted by molar-refractivity contribution is 7.91. The standard InChI is InChI=1S/C14H17N5O3S/c20-14(16-12-6-7-23(21,22)9-12)13(19-10-15-17-18-19)8-11-4-2-1-3-5-11/h1-5,10,12-13H,6-9H2,(H,16,20)/t12?,13-/m1/s1. The van der Waals surface area contributed by atoms with Gasteiger partial charge in [0.05, 0.1) is 11.5 Å². The number of carbonyl (C=O) groups excluding carboxylic acids is 1. The van der Waals surface area contributed by atoms with Gasteiger partial charge in [0.25, 0.3) is 0 Å². The molecule has 0 radical (unpaired) electrons. The zero-order valence-corrected chi connectivity index (χ0v) is 13.2. The average molecular weight is 335 g/mol. The van der Waals surface area contributed by atoms with Gasteiger partial charge < -0.3 is 5.32 Å². The lowest BCUT2D eigenvalue weighted by Gasteiger charge is -2.19. The number of carbonyl (C=O) groups is 1. The first kappa shape index (κ1) is 15.6. The predicted octanol–water partition coefficient (Wildman–Crippen LogP) is -0.240. The Hall–Kier alpha value is -2.29. The van der Waals surface area contributed by atoms with E-state index in [1.54, 1.807) is 0 Å². The van der Waals surface area contributed by atoms with Crippen molar-refractivity contribution in [1.29, 1.82) is 0 Å². The van der Waals surface area contributed by atoms with E-state index < -0.39 is 15.9 Å². The highest BCUT2D eigenvalue weighted by Crippen LogP contribution is 2.16. The smallest absolute Gasteiger partial charge is 0.245 e. The molecule has 1 unspecified atom stereocenters. The van der Waals surface area contributed by atoms with Crippen LogP contribution in [0.15, 0.2) is 36.7 Å². The van der Waals surface area contributed by atoms with Crippen molar-refractivity contribution < 1.29 is 13.2 Å². The molecule has 1 aliphatic heterocycles. The quantitative estimate of drug-likeness (QED) is 0.808. The normalized spacial score (nSPS) is 21.0. The fourth-order valence-corrected chi connectivity index (χ4v) is 4.33. The molecular formula is C14H17N5O3S. The molecule has 0 aliphatic carbocycles. The number of aromatic nitrogens is 4. The van der Waals surface area contributed by atoms with Crippen LogP contribution < -0.4 is 5.32 Å². The van der Waals surface area contributed by atoms with Crippen molar-refractivity contribution in [2.75, 3.05) is 11.5 Å². The molecule has 8 nitrogen and oxygen atoms in total. The molecule has 1 N–H and O–H groups in total. The molecule has 1 aromatic heterocycles. The molecule has 9 heteroatoms. The summed E-state index contributed by atoms with van der Waals surface area (Å²) in [4.78, 5) is 12.6. The maximum Gasteiger partial charge on any atom is 0.245 e. The van der Waals surface area contributed by atoms with Gasteiger partial charge in [0.1, 0.15) is 12.4 Å². The second-order valence-corrected chi connectivity index (χ2v) is 7.83. The van der Waals surface area contributed by atoms with E-state index in [4.69, 9.17) is 0 Å². The molecule has 0 saturated carbocycles. The molecule has 3 rings (SSSR count). The summed E-state index contributed by atoms with van der Waals surface area (Å²) in [6, 6.07) is 8.58. The topological polar surface area (TPSA) is 107 Å². The second-order valence-electron chi connectivity index (χ2n) is 5.60. The third-order valence-corrected chi connectivity index (χ3v) is 5.61. The van der Waals surface area contributed by atoms with Gasteiger partial charge in [0.2, 0.25) is 5.91 Å². The van der Waals surface area contributed by atoms with Gasteiger partial charge >= 0.3 is 0 Å². The Labute approximate surface area is 133 Å². The van der Waals surface area contributed by atoms with Gasteiger partial charge in [-0.3, -0.25) is 4.79 Å². The number of hydrogen-bond donors (Lipinski definition) is 1. The van der Waals surface area contributed by atoms with Crippen LogP contribution >= 0.6 is 0 Å². The van der Waals surface area contributed by atoms with Gasteiger partial charge in [-0.1, -0.05) is 30.3 Å². The van der Waals surface area contributed by atoms with Gasteiger partial charge in [-0.2, -0.15) is 0 Å². The van der Waals surface area contributed by atoms with E-state index in [2.05, 4.69) is 20.8 Å². The number of amides is 1. The summed E-state index contributed by atoms with van der Waals surface area (Å²) in [6.45, 7) is 0. The average Bonchev–Trinajstić information content (AvgIpc) is 3.15. The van der Waals surface area contributed by atoms with E-state index >= 15 is 0 Å². The Morgan fingerprint density at radius 1 is 1.35 bits per heavy atom. The highest BCUT2D eigenvalue weighted by atomic mass is 32.2. The van der Waals surface area contributed by atoms with E-state index in [0.717, 1.165) is 5.56 Å². The summed E-state index contributed by atoms with van der Waals surface area (Å²) in [6.07, 6.45) is 2.26. The van der Waals surface area contributed by atoms with E-state index in [9.17, 15) is 13.2 Å². The van der Waals surface area contributed by atoms with Crippen LogP contribution in [-0.4, -0.2) is 52.1 Å². The van der Waals surface area contributed by atoms with E-state index in [1.165, 1.54) is 11.0 Å². The number of hydrogen-bond acceptors (Lipinski definition) is 6. The first-order chi connectivity index (χ1) is 11.0. The molecule has 1 aromatic carbocycles. The van der Waals surface area contributed by atoms with Crippen molar-refractivity contribution >= 4 is 15.7 Å². The van der Waals surface area contributed by atoms with Gasteiger partial charge in [0.15, 0.2) is 9.84 Å². The summed E-state index contributed by atoms with van der Waals surface area (Å²) >= 11 is 0. The van der Waals surface area contributed by atoms with Gasteiger partial charge in [-0.05, 0) is 22.4 Å². The van der Waals surface area contributed by atoms with Crippen LogP contribution in [0.5, 0.6) is 0 Å². The Morgan fingerprint density at radius 2 is 2.13 bits per heavy atom. The zero-order chi connectivity index (χ0) is 16.3. The molecule has 0 spiro atoms. The molecular weight excluding hydrogens is 318 g/mol. The summed E-state index contributed by atoms with van der Waals surface area (Å²) in [5.41, 5.74) is 0.974. The van der Waals surface area contributed by atoms with Crippen molar-refractivity contribution in [3.63, 3.8) is 0 Å². The molecule has 1 aliphatic rings. The minimum Gasteiger partial charge on any atom is -0.350 e. The van der Waals surface area contributed by atoms with Crippen LogP contribution in [-0.2, 0) is 21.1 Å². The van der Waals surface area contributed by atoms with Gasteiger partial charge in [-0.15, -0.1) is 5.10 Å². The van der Waals surface area contributed by atoms with Crippen molar-refractivity contribution in [2.45, 2.75) is 24.9 Å². The zero-order valence-electron chi connectivity index (χ0n) is 12.4. The van der Waals surface area contributed by atoms with Gasteiger partial charge in [-0.25, -0.2) is 13.1 Å². The molecule has 1 saturated heterocycles. The summed E-state index contributed by atoms with van der Waals surface area (Å²) in [5.74, 6) is -0.165. The number of rotatable bonds is 5. The SMILES string of the molecule is O=C(NC1CCS(=O)(=O)C1)[C@@H](Cc1ccccc1)n1cnnn1. The fourth-order valence-electron chi connectivity index (χ4n) is 2.66. The lowest BCUT2D eigenvalue weighted by Crippen LogP contribution is -2.41. The van der Waals surface area contributed by atoms with Crippen LogP contribution in [0.25, 0.3) is 0 Å². The minimum atomic E-state index is -3.04. The van der Waals surface area contributed by atoms with Crippen LogP contribution in [0, 0.1) is 0 Å². The van der Waals surface area contributed by atoms with Crippen LogP contribution in [0.4, 0.5) is 0 Å². The van der Waals surface area contributed by atoms with Crippen molar-refractivity contribution in [3.05, 3.63) is 42.2 Å². The Bertz CT molecular complexity index is 761. The second kappa shape index (κ2) is 6.45. The number of sulfone groups is 1. The molecule has 1 fully saturated rings. The number of nitrogens with one attached hydrogen (secondary N) is 1. The third-order valence-electron chi connectivity index (χ3n) is 3.84. The summed E-state index contributed by atoms with van der Waals surface area (Å²) in [5, 5.41) is 13.8. The first-order valence-corrected chi connectivity index (χ1v) is 9.13. The lowest BCUT2D eigenvalue weighted by molar-refractivity contribution is -0.125. The predicted molar refractivity (Wildman–Crippen MR) is 82.2 cm³/mol. The largest absolute Gasteiger partial charge is 0.350 e. The van der Waals surface area contributed by atoms with Crippen molar-refractivity contribution in [2.24, 2.45) is 0 Å². The molecule has 2 atom stereocenters. The number of nitrogens with zero attached hydrogens (tertiary/aromatic N) is 4. The number of benzene rings is 1. The first-order valence-electron chi connectivity index (χ1n) is 7.31. The van der Waals surface area contributed by atoms with Gasteiger partial charge in [0, 0.05) is 12.5 Å². The van der Waals surface area contributed by atoms with Crippen molar-refractivity contribution in [1.82, 2.24) is 25.5 Å². The third kappa shape index (κ3) is 3.92. The number of tetrazole rings is 1. The fraction of sp³-hybridized carbons (Fsp3) is 0.429. The molecule has 1 amide bonds. The summed E-state index contributed by atoms with van der Waals surface area (Å²) < 4.78 is 24.4. The molecule has 122 valence electrons. The maximum absolute atomic E-state index is 12.6. The van der Waals surface area contributed by atoms with E-state index in [0.29, 0.717) is 12.8 Å². The molecule has 0 bridgehead atoms. The molecule has 23 heavy (non-hydrogen) atoms. The Balaban J connectivity index is 1.74. The lowest BCUT2D eigenvalue weighted by atomic mass is 10.1. The van der Waals surface area contributed by atoms with Crippen LogP contribution in [0.3, 0.4) is 0 Å². The molecule has 2 aromatic rings. The maximum atomic E-state index is 12.6. The van der Waals surface area contributed by atoms with E-state index in [-0.39, 0.29) is 23.5 Å². The summed E-state index contributed by atoms with van der Waals surface area (Å²) in [7, 11) is -3.04. The molecule has 2 heterocycles. The minimum absolute atomic E-state index is 0.00754. The van der Waals surface area contributed by atoms with Crippen molar-refractivity contribution in [3.8, 4) is 0 Å². The Morgan fingerprint density at radius 3 is 2.74 bits per heavy atom. The monoisotopic (exact) mass is 335 g/mol. The highest BCUT2D eigenvalue weighted by Gasteiger charge is 2.31. The van der Waals surface area contributed by atoms with E-state index in [1.807, 2.05) is 30.3 Å².